The molecule has 3 aromatic rings. The molecule has 148 valence electrons. The minimum atomic E-state index is -3.70. The van der Waals surface area contributed by atoms with Crippen LogP contribution in [0.15, 0.2) is 60.7 Å². The van der Waals surface area contributed by atoms with Gasteiger partial charge in [0.2, 0.25) is 10.0 Å². The molecule has 29 heavy (non-hydrogen) atoms. The van der Waals surface area contributed by atoms with Crippen LogP contribution in [-0.4, -0.2) is 14.3 Å². The summed E-state index contributed by atoms with van der Waals surface area (Å²) in [6.07, 6.45) is 0. The summed E-state index contributed by atoms with van der Waals surface area (Å²) in [4.78, 5) is 12.6. The van der Waals surface area contributed by atoms with E-state index >= 15 is 0 Å². The largest absolute Gasteiger partial charge is 0.454 e. The first-order valence-electron chi connectivity index (χ1n) is 8.47. The minimum Gasteiger partial charge on any atom is -0.454 e. The Balaban J connectivity index is 1.58. The zero-order valence-corrected chi connectivity index (χ0v) is 17.1. The summed E-state index contributed by atoms with van der Waals surface area (Å²) in [6, 6.07) is 15.9. The first-order chi connectivity index (χ1) is 13.8. The molecule has 9 heteroatoms. The van der Waals surface area contributed by atoms with E-state index in [1.807, 2.05) is 0 Å². The van der Waals surface area contributed by atoms with Crippen LogP contribution in [0.4, 0.5) is 11.4 Å². The molecule has 0 unspecified atom stereocenters. The van der Waals surface area contributed by atoms with Crippen molar-refractivity contribution in [2.45, 2.75) is 5.75 Å². The van der Waals surface area contributed by atoms with Gasteiger partial charge in [0.1, 0.15) is 5.75 Å². The number of nitrogens with one attached hydrogen (secondary N) is 2. The molecule has 0 fully saturated rings. The Bertz CT molecular complexity index is 1210. The maximum Gasteiger partial charge on any atom is 0.259 e. The highest BCUT2D eigenvalue weighted by molar-refractivity contribution is 7.91. The van der Waals surface area contributed by atoms with Gasteiger partial charge in [0, 0.05) is 15.7 Å². The molecular weight excluding hydrogens is 435 g/mol. The van der Waals surface area contributed by atoms with E-state index in [4.69, 9.17) is 27.9 Å². The van der Waals surface area contributed by atoms with Gasteiger partial charge in [-0.1, -0.05) is 35.3 Å². The van der Waals surface area contributed by atoms with Crippen LogP contribution in [0.5, 0.6) is 11.5 Å². The average molecular weight is 449 g/mol. The molecule has 0 saturated heterocycles. The molecule has 1 aliphatic heterocycles. The molecule has 0 spiro atoms. The number of halogens is 2. The van der Waals surface area contributed by atoms with Crippen LogP contribution >= 0.6 is 23.2 Å². The molecule has 0 saturated carbocycles. The SMILES string of the molecule is O=C1Nc2cc(Cl)ccc2Oc2ccc(NS(=O)(=O)Cc3ccc(Cl)cc3)cc21. The highest BCUT2D eigenvalue weighted by Gasteiger charge is 2.22. The first kappa shape index (κ1) is 19.6. The highest BCUT2D eigenvalue weighted by Crippen LogP contribution is 2.38. The lowest BCUT2D eigenvalue weighted by Gasteiger charge is -2.11. The molecule has 0 atom stereocenters. The van der Waals surface area contributed by atoms with E-state index in [2.05, 4.69) is 10.0 Å². The Labute approximate surface area is 177 Å². The average Bonchev–Trinajstić information content (AvgIpc) is 2.79. The van der Waals surface area contributed by atoms with Crippen molar-refractivity contribution >= 4 is 50.5 Å². The predicted molar refractivity (Wildman–Crippen MR) is 114 cm³/mol. The van der Waals surface area contributed by atoms with E-state index in [0.29, 0.717) is 32.8 Å². The molecule has 1 heterocycles. The normalized spacial score (nSPS) is 12.8. The van der Waals surface area contributed by atoms with E-state index in [-0.39, 0.29) is 17.0 Å². The lowest BCUT2D eigenvalue weighted by atomic mass is 10.1. The van der Waals surface area contributed by atoms with Gasteiger partial charge >= 0.3 is 0 Å². The molecule has 0 radical (unpaired) electrons. The fourth-order valence-corrected chi connectivity index (χ4v) is 4.36. The van der Waals surface area contributed by atoms with E-state index in [9.17, 15) is 13.2 Å². The summed E-state index contributed by atoms with van der Waals surface area (Å²) in [5.74, 6) is 0.0926. The Kier molecular flexibility index (Phi) is 5.12. The molecule has 0 aliphatic carbocycles. The maximum atomic E-state index is 12.6. The summed E-state index contributed by atoms with van der Waals surface area (Å²) < 4.78 is 33.3. The number of sulfonamides is 1. The number of amides is 1. The summed E-state index contributed by atoms with van der Waals surface area (Å²) in [6.45, 7) is 0. The third-order valence-electron chi connectivity index (χ3n) is 4.18. The number of anilines is 2. The van der Waals surface area contributed by atoms with E-state index < -0.39 is 15.9 Å². The molecule has 0 aromatic heterocycles. The van der Waals surface area contributed by atoms with Crippen molar-refractivity contribution in [2.24, 2.45) is 0 Å². The van der Waals surface area contributed by atoms with Crippen molar-refractivity contribution in [3.8, 4) is 11.5 Å². The highest BCUT2D eigenvalue weighted by atomic mass is 35.5. The minimum absolute atomic E-state index is 0.198. The number of hydrogen-bond acceptors (Lipinski definition) is 4. The molecule has 0 bridgehead atoms. The quantitative estimate of drug-likeness (QED) is 0.567. The number of hydrogen-bond donors (Lipinski definition) is 2. The monoisotopic (exact) mass is 448 g/mol. The zero-order valence-electron chi connectivity index (χ0n) is 14.8. The van der Waals surface area contributed by atoms with Gasteiger partial charge in [0.05, 0.1) is 17.0 Å². The zero-order chi connectivity index (χ0) is 20.6. The van der Waals surface area contributed by atoms with Crippen LogP contribution in [0, 0.1) is 0 Å². The molecular formula is C20H14Cl2N2O4S. The maximum absolute atomic E-state index is 12.6. The standard InChI is InChI=1S/C20H14Cl2N2O4S/c21-13-3-1-12(2-4-13)11-29(26,27)24-15-6-8-18-16(10-15)20(25)23-17-9-14(22)5-7-19(17)28-18/h1-10,24H,11H2,(H,23,25). The number of rotatable bonds is 4. The van der Waals surface area contributed by atoms with Gasteiger partial charge < -0.3 is 10.1 Å². The fraction of sp³-hybridized carbons (Fsp3) is 0.0500. The number of fused-ring (bicyclic) bond motifs is 2. The third-order valence-corrected chi connectivity index (χ3v) is 5.92. The van der Waals surface area contributed by atoms with Gasteiger partial charge in [-0.2, -0.15) is 0 Å². The third kappa shape index (κ3) is 4.48. The number of carbonyl (C=O) groups excluding carboxylic acids is 1. The van der Waals surface area contributed by atoms with Crippen LogP contribution in [0.1, 0.15) is 15.9 Å². The Morgan fingerprint density at radius 3 is 2.34 bits per heavy atom. The van der Waals surface area contributed by atoms with Crippen LogP contribution in [-0.2, 0) is 15.8 Å². The summed E-state index contributed by atoms with van der Waals surface area (Å²) in [7, 11) is -3.70. The lowest BCUT2D eigenvalue weighted by molar-refractivity contribution is 0.102. The van der Waals surface area contributed by atoms with Crippen molar-refractivity contribution in [1.29, 1.82) is 0 Å². The van der Waals surface area contributed by atoms with Crippen molar-refractivity contribution in [3.63, 3.8) is 0 Å². The van der Waals surface area contributed by atoms with Crippen molar-refractivity contribution in [2.75, 3.05) is 10.0 Å². The van der Waals surface area contributed by atoms with E-state index in [1.54, 1.807) is 48.5 Å². The predicted octanol–water partition coefficient (Wildman–Crippen LogP) is 5.29. The molecule has 1 aliphatic rings. The summed E-state index contributed by atoms with van der Waals surface area (Å²) >= 11 is 11.8. The Morgan fingerprint density at radius 2 is 1.59 bits per heavy atom. The van der Waals surface area contributed by atoms with Gasteiger partial charge in [-0.3, -0.25) is 9.52 Å². The second-order valence-electron chi connectivity index (χ2n) is 6.40. The second-order valence-corrected chi connectivity index (χ2v) is 8.99. The van der Waals surface area contributed by atoms with E-state index in [0.717, 1.165) is 0 Å². The summed E-state index contributed by atoms with van der Waals surface area (Å²) in [5, 5.41) is 3.70. The number of benzene rings is 3. The van der Waals surface area contributed by atoms with Crippen molar-refractivity contribution in [3.05, 3.63) is 81.8 Å². The molecule has 4 rings (SSSR count). The van der Waals surface area contributed by atoms with Crippen LogP contribution in [0.2, 0.25) is 10.0 Å². The van der Waals surface area contributed by atoms with Crippen LogP contribution in [0.25, 0.3) is 0 Å². The van der Waals surface area contributed by atoms with Gasteiger partial charge in [-0.05, 0) is 54.1 Å². The Hall–Kier alpha value is -2.74. The van der Waals surface area contributed by atoms with Crippen LogP contribution in [0.3, 0.4) is 0 Å². The fourth-order valence-electron chi connectivity index (χ4n) is 2.87. The van der Waals surface area contributed by atoms with E-state index in [1.165, 1.54) is 12.1 Å². The molecule has 2 N–H and O–H groups in total. The van der Waals surface area contributed by atoms with Gasteiger partial charge in [-0.25, -0.2) is 8.42 Å². The molecule has 1 amide bonds. The van der Waals surface area contributed by atoms with Gasteiger partial charge in [0.15, 0.2) is 5.75 Å². The number of ether oxygens (including phenoxy) is 1. The molecule has 3 aromatic carbocycles. The molecule has 6 nitrogen and oxygen atoms in total. The Morgan fingerprint density at radius 1 is 0.897 bits per heavy atom. The van der Waals surface area contributed by atoms with Crippen LogP contribution < -0.4 is 14.8 Å². The second kappa shape index (κ2) is 7.59. The number of carbonyl (C=O) groups is 1. The van der Waals surface area contributed by atoms with Gasteiger partial charge in [-0.15, -0.1) is 0 Å². The smallest absolute Gasteiger partial charge is 0.259 e. The summed E-state index contributed by atoms with van der Waals surface area (Å²) in [5.41, 5.74) is 1.47. The first-order valence-corrected chi connectivity index (χ1v) is 10.9. The van der Waals surface area contributed by atoms with Gasteiger partial charge in [0.25, 0.3) is 5.91 Å². The van der Waals surface area contributed by atoms with Crippen molar-refractivity contribution < 1.29 is 17.9 Å². The van der Waals surface area contributed by atoms with Crippen molar-refractivity contribution in [1.82, 2.24) is 0 Å². The topological polar surface area (TPSA) is 84.5 Å². The lowest BCUT2D eigenvalue weighted by Crippen LogP contribution is -2.16.